The van der Waals surface area contributed by atoms with Crippen molar-refractivity contribution in [2.24, 2.45) is 4.99 Å². The molecule has 0 atom stereocenters. The molecule has 7 heteroatoms. The highest BCUT2D eigenvalue weighted by Crippen LogP contribution is 1.93. The van der Waals surface area contributed by atoms with Crippen LogP contribution in [0.2, 0.25) is 0 Å². The fourth-order valence-electron chi connectivity index (χ4n) is 2.24. The van der Waals surface area contributed by atoms with Crippen LogP contribution >= 0.6 is 24.0 Å². The highest BCUT2D eigenvalue weighted by atomic mass is 127. The third-order valence-electron chi connectivity index (χ3n) is 3.74. The van der Waals surface area contributed by atoms with Crippen LogP contribution in [0.15, 0.2) is 4.99 Å². The number of guanidine groups is 1. The van der Waals surface area contributed by atoms with E-state index < -0.39 is 0 Å². The second-order valence-corrected chi connectivity index (χ2v) is 5.66. The molecule has 0 aromatic carbocycles. The van der Waals surface area contributed by atoms with E-state index in [9.17, 15) is 4.79 Å². The number of unbranched alkanes of at least 4 members (excludes halogenated alkanes) is 1. The maximum atomic E-state index is 12.0. The summed E-state index contributed by atoms with van der Waals surface area (Å²) in [5.74, 6) is 0.987. The van der Waals surface area contributed by atoms with Gasteiger partial charge in [0.05, 0.1) is 6.54 Å². The summed E-state index contributed by atoms with van der Waals surface area (Å²) in [4.78, 5) is 20.7. The van der Waals surface area contributed by atoms with E-state index in [1.54, 1.807) is 0 Å². The van der Waals surface area contributed by atoms with Gasteiger partial charge in [0.25, 0.3) is 0 Å². The minimum Gasteiger partial charge on any atom is -0.357 e. The van der Waals surface area contributed by atoms with E-state index in [4.69, 9.17) is 0 Å². The normalized spacial score (nSPS) is 11.2. The average Bonchev–Trinajstić information content (AvgIpc) is 2.54. The van der Waals surface area contributed by atoms with Gasteiger partial charge >= 0.3 is 0 Å². The first-order valence-corrected chi connectivity index (χ1v) is 9.07. The lowest BCUT2D eigenvalue weighted by Gasteiger charge is -2.19. The molecule has 144 valence electrons. The number of hydrogen-bond donors (Lipinski definition) is 2. The lowest BCUT2D eigenvalue weighted by molar-refractivity contribution is -0.130. The summed E-state index contributed by atoms with van der Waals surface area (Å²) < 4.78 is 0. The number of nitrogens with one attached hydrogen (secondary N) is 2. The number of carbonyl (C=O) groups excluding carboxylic acids is 1. The lowest BCUT2D eigenvalue weighted by atomic mass is 10.3. The van der Waals surface area contributed by atoms with Gasteiger partial charge in [-0.2, -0.15) is 0 Å². The number of aliphatic imine (C=N–C) groups is 1. The summed E-state index contributed by atoms with van der Waals surface area (Å²) in [6.07, 6.45) is 2.95. The Morgan fingerprint density at radius 2 is 1.71 bits per heavy atom. The Balaban J connectivity index is 0. The molecule has 0 saturated heterocycles. The molecule has 0 bridgehead atoms. The smallest absolute Gasteiger partial charge is 0.224 e. The third-order valence-corrected chi connectivity index (χ3v) is 3.74. The van der Waals surface area contributed by atoms with Crippen LogP contribution in [0.1, 0.15) is 47.0 Å². The predicted molar refractivity (Wildman–Crippen MR) is 114 cm³/mol. The molecule has 0 fully saturated rings. The number of halogens is 1. The Labute approximate surface area is 165 Å². The Bertz CT molecular complexity index is 335. The van der Waals surface area contributed by atoms with Crippen molar-refractivity contribution in [1.82, 2.24) is 20.4 Å². The zero-order chi connectivity index (χ0) is 17.5. The molecule has 0 spiro atoms. The molecule has 6 nitrogen and oxygen atoms in total. The van der Waals surface area contributed by atoms with E-state index in [-0.39, 0.29) is 29.9 Å². The zero-order valence-corrected chi connectivity index (χ0v) is 18.6. The molecule has 0 aromatic heterocycles. The molecule has 0 unspecified atom stereocenters. The highest BCUT2D eigenvalue weighted by molar-refractivity contribution is 14.0. The van der Waals surface area contributed by atoms with Gasteiger partial charge in [-0.15, -0.1) is 24.0 Å². The summed E-state index contributed by atoms with van der Waals surface area (Å²) in [7, 11) is 2.13. The zero-order valence-electron chi connectivity index (χ0n) is 16.2. The van der Waals surface area contributed by atoms with Crippen molar-refractivity contribution >= 4 is 35.8 Å². The van der Waals surface area contributed by atoms with Crippen molar-refractivity contribution in [2.75, 3.05) is 52.9 Å². The van der Waals surface area contributed by atoms with Gasteiger partial charge in [0.1, 0.15) is 0 Å². The van der Waals surface area contributed by atoms with Crippen molar-refractivity contribution in [3.63, 3.8) is 0 Å². The Morgan fingerprint density at radius 1 is 1.04 bits per heavy atom. The van der Waals surface area contributed by atoms with Crippen molar-refractivity contribution < 1.29 is 4.79 Å². The van der Waals surface area contributed by atoms with E-state index >= 15 is 0 Å². The van der Waals surface area contributed by atoms with Crippen LogP contribution in [0.4, 0.5) is 0 Å². The third kappa shape index (κ3) is 12.8. The largest absolute Gasteiger partial charge is 0.357 e. The first-order valence-electron chi connectivity index (χ1n) is 9.07. The number of hydrogen-bond acceptors (Lipinski definition) is 3. The minimum absolute atomic E-state index is 0. The van der Waals surface area contributed by atoms with Crippen molar-refractivity contribution in [3.05, 3.63) is 0 Å². The fraction of sp³-hybridized carbons (Fsp3) is 0.882. The van der Waals surface area contributed by atoms with E-state index in [1.807, 2.05) is 25.7 Å². The summed E-state index contributed by atoms with van der Waals surface area (Å²) in [5.41, 5.74) is 0. The van der Waals surface area contributed by atoms with E-state index in [2.05, 4.69) is 34.5 Å². The number of amides is 1. The number of likely N-dealkylation sites (N-methyl/N-ethyl adjacent to an activating group) is 1. The summed E-state index contributed by atoms with van der Waals surface area (Å²) in [6.45, 7) is 14.1. The molecule has 0 saturated carbocycles. The van der Waals surface area contributed by atoms with Gasteiger partial charge in [-0.05, 0) is 40.8 Å². The first kappa shape index (κ1) is 25.7. The fourth-order valence-corrected chi connectivity index (χ4v) is 2.24. The standard InChI is InChI=1S/C17H37N5O.HI/c1-6-10-14-21(5)15-13-20-17(18-7-2)19-12-11-16(23)22(8-3)9-4;/h6-15H2,1-5H3,(H2,18,19,20);1H. The molecule has 0 aliphatic heterocycles. The Morgan fingerprint density at radius 3 is 2.25 bits per heavy atom. The lowest BCUT2D eigenvalue weighted by Crippen LogP contribution is -2.40. The minimum atomic E-state index is 0. The molecule has 0 aliphatic rings. The molecule has 0 radical (unpaired) electrons. The van der Waals surface area contributed by atoms with Gasteiger partial charge < -0.3 is 20.4 Å². The van der Waals surface area contributed by atoms with Crippen LogP contribution in [0.3, 0.4) is 0 Å². The topological polar surface area (TPSA) is 60.0 Å². The summed E-state index contributed by atoms with van der Waals surface area (Å²) >= 11 is 0. The van der Waals surface area contributed by atoms with Crippen LogP contribution < -0.4 is 10.6 Å². The maximum absolute atomic E-state index is 12.0. The Hall–Kier alpha value is -0.570. The number of rotatable bonds is 12. The summed E-state index contributed by atoms with van der Waals surface area (Å²) in [6, 6.07) is 0. The van der Waals surface area contributed by atoms with Crippen LogP contribution in [0, 0.1) is 0 Å². The molecule has 24 heavy (non-hydrogen) atoms. The maximum Gasteiger partial charge on any atom is 0.224 e. The predicted octanol–water partition coefficient (Wildman–Crippen LogP) is 2.15. The van der Waals surface area contributed by atoms with Gasteiger partial charge in [0.2, 0.25) is 5.91 Å². The average molecular weight is 455 g/mol. The number of carbonyl (C=O) groups is 1. The SMILES string of the molecule is CCCCN(C)CCN=C(NCC)NCCC(=O)N(CC)CC.I. The second kappa shape index (κ2) is 17.3. The first-order chi connectivity index (χ1) is 11.1. The van der Waals surface area contributed by atoms with E-state index in [0.717, 1.165) is 45.2 Å². The van der Waals surface area contributed by atoms with Crippen molar-refractivity contribution in [3.8, 4) is 0 Å². The molecular weight excluding hydrogens is 417 g/mol. The van der Waals surface area contributed by atoms with Gasteiger partial charge in [-0.25, -0.2) is 0 Å². The molecule has 0 aromatic rings. The Kier molecular flexibility index (Phi) is 18.5. The van der Waals surface area contributed by atoms with Crippen LogP contribution in [-0.2, 0) is 4.79 Å². The molecule has 0 heterocycles. The van der Waals surface area contributed by atoms with Crippen molar-refractivity contribution in [1.29, 1.82) is 0 Å². The monoisotopic (exact) mass is 455 g/mol. The van der Waals surface area contributed by atoms with Crippen LogP contribution in [0.25, 0.3) is 0 Å². The highest BCUT2D eigenvalue weighted by Gasteiger charge is 2.09. The second-order valence-electron chi connectivity index (χ2n) is 5.66. The van der Waals surface area contributed by atoms with Gasteiger partial charge in [-0.1, -0.05) is 13.3 Å². The molecule has 2 N–H and O–H groups in total. The quantitative estimate of drug-likeness (QED) is 0.269. The van der Waals surface area contributed by atoms with Crippen LogP contribution in [0.5, 0.6) is 0 Å². The van der Waals surface area contributed by atoms with Crippen molar-refractivity contribution in [2.45, 2.75) is 47.0 Å². The number of nitrogens with zero attached hydrogens (tertiary/aromatic N) is 3. The van der Waals surface area contributed by atoms with Gasteiger partial charge in [-0.3, -0.25) is 9.79 Å². The van der Waals surface area contributed by atoms with Crippen LogP contribution in [-0.4, -0.2) is 74.5 Å². The van der Waals surface area contributed by atoms with Gasteiger partial charge in [0.15, 0.2) is 5.96 Å². The molecule has 1 amide bonds. The molecular formula is C17H38IN5O. The molecule has 0 aliphatic carbocycles. The summed E-state index contributed by atoms with van der Waals surface area (Å²) in [5, 5.41) is 6.47. The molecule has 0 rings (SSSR count). The van der Waals surface area contributed by atoms with Gasteiger partial charge in [0, 0.05) is 39.1 Å². The van der Waals surface area contributed by atoms with E-state index in [0.29, 0.717) is 13.0 Å². The van der Waals surface area contributed by atoms with E-state index in [1.165, 1.54) is 12.8 Å².